The van der Waals surface area contributed by atoms with Gasteiger partial charge in [-0.15, -0.1) is 0 Å². The molecule has 0 aliphatic heterocycles. The van der Waals surface area contributed by atoms with Gasteiger partial charge in [0.1, 0.15) is 6.61 Å². The lowest BCUT2D eigenvalue weighted by Crippen LogP contribution is -1.83. The van der Waals surface area contributed by atoms with Crippen molar-refractivity contribution < 1.29 is 4.74 Å². The van der Waals surface area contributed by atoms with Crippen molar-refractivity contribution >= 4 is 0 Å². The molecule has 0 bridgehead atoms. The highest BCUT2D eigenvalue weighted by atomic mass is 16.5. The highest BCUT2D eigenvalue weighted by Gasteiger charge is 1.85. The second kappa shape index (κ2) is 3.72. The third-order valence-corrected chi connectivity index (χ3v) is 1.19. The molecule has 0 amide bonds. The van der Waals surface area contributed by atoms with Gasteiger partial charge < -0.3 is 4.74 Å². The maximum Gasteiger partial charge on any atom is 0.112 e. The molecule has 51 valence electrons. The summed E-state index contributed by atoms with van der Waals surface area (Å²) in [6.07, 6.45) is 1.20. The van der Waals surface area contributed by atoms with Crippen LogP contribution in [0.1, 0.15) is 5.56 Å². The molecule has 0 saturated carbocycles. The zero-order chi connectivity index (χ0) is 7.23. The molecule has 0 aromatic heterocycles. The zero-order valence-corrected chi connectivity index (χ0v) is 5.66. The number of rotatable bonds is 3. The van der Waals surface area contributed by atoms with Gasteiger partial charge in [-0.05, 0) is 12.1 Å². The van der Waals surface area contributed by atoms with E-state index in [-0.39, 0.29) is 0 Å². The monoisotopic (exact) mass is 133 g/mol. The molecule has 0 fully saturated rings. The minimum Gasteiger partial charge on any atom is -0.497 e. The molecule has 0 heterocycles. The van der Waals surface area contributed by atoms with E-state index in [1.165, 1.54) is 6.26 Å². The van der Waals surface area contributed by atoms with E-state index < -0.39 is 0 Å². The lowest BCUT2D eigenvalue weighted by atomic mass is 10.2. The Morgan fingerprint density at radius 1 is 1.30 bits per heavy atom. The molecule has 10 heavy (non-hydrogen) atoms. The van der Waals surface area contributed by atoms with Crippen molar-refractivity contribution in [1.82, 2.24) is 0 Å². The van der Waals surface area contributed by atoms with Gasteiger partial charge in [-0.1, -0.05) is 30.3 Å². The molecule has 1 radical (unpaired) electrons. The van der Waals surface area contributed by atoms with E-state index in [9.17, 15) is 0 Å². The minimum atomic E-state index is 0.553. The zero-order valence-electron chi connectivity index (χ0n) is 5.66. The third kappa shape index (κ3) is 1.94. The fourth-order valence-corrected chi connectivity index (χ4v) is 0.719. The predicted octanol–water partition coefficient (Wildman–Crippen LogP) is 2.15. The number of ether oxygens (including phenoxy) is 1. The van der Waals surface area contributed by atoms with Crippen LogP contribution in [0.3, 0.4) is 0 Å². The van der Waals surface area contributed by atoms with Gasteiger partial charge in [0.05, 0.1) is 6.26 Å². The third-order valence-electron chi connectivity index (χ3n) is 1.19. The first-order valence-electron chi connectivity index (χ1n) is 3.12. The highest BCUT2D eigenvalue weighted by molar-refractivity contribution is 5.13. The van der Waals surface area contributed by atoms with Gasteiger partial charge >= 0.3 is 0 Å². The van der Waals surface area contributed by atoms with Gasteiger partial charge in [0.2, 0.25) is 0 Å². The van der Waals surface area contributed by atoms with Gasteiger partial charge in [-0.3, -0.25) is 0 Å². The van der Waals surface area contributed by atoms with Crippen molar-refractivity contribution in [3.05, 3.63) is 48.7 Å². The minimum absolute atomic E-state index is 0.553. The molecule has 1 heteroatoms. The lowest BCUT2D eigenvalue weighted by Gasteiger charge is -1.97. The van der Waals surface area contributed by atoms with Gasteiger partial charge in [-0.2, -0.15) is 0 Å². The molecule has 0 N–H and O–H groups in total. The summed E-state index contributed by atoms with van der Waals surface area (Å²) in [5.41, 5.74) is 1.13. The number of hydrogen-bond acceptors (Lipinski definition) is 1. The van der Waals surface area contributed by atoms with Crippen LogP contribution in [0.5, 0.6) is 0 Å². The fourth-order valence-electron chi connectivity index (χ4n) is 0.719. The summed E-state index contributed by atoms with van der Waals surface area (Å²) in [5.74, 6) is 0. The summed E-state index contributed by atoms with van der Waals surface area (Å²) < 4.78 is 4.87. The van der Waals surface area contributed by atoms with Crippen molar-refractivity contribution in [2.24, 2.45) is 0 Å². The van der Waals surface area contributed by atoms with Crippen LogP contribution in [-0.2, 0) is 11.3 Å². The topological polar surface area (TPSA) is 9.23 Å². The Hall–Kier alpha value is -1.24. The molecule has 0 unspecified atom stereocenters. The van der Waals surface area contributed by atoms with E-state index in [4.69, 9.17) is 11.3 Å². The van der Waals surface area contributed by atoms with Crippen LogP contribution in [0.25, 0.3) is 0 Å². The summed E-state index contributed by atoms with van der Waals surface area (Å²) in [7, 11) is 0. The molecule has 0 saturated heterocycles. The smallest absolute Gasteiger partial charge is 0.112 e. The summed E-state index contributed by atoms with van der Waals surface area (Å²) >= 11 is 0. The average Bonchev–Trinajstić information content (AvgIpc) is 2.03. The highest BCUT2D eigenvalue weighted by Crippen LogP contribution is 1.99. The Balaban J connectivity index is 2.50. The van der Waals surface area contributed by atoms with E-state index >= 15 is 0 Å². The Labute approximate surface area is 61.0 Å². The Kier molecular flexibility index (Phi) is 2.56. The standard InChI is InChI=1S/C9H9O/c1-2-10-8-9-6-4-3-5-7-9/h1-7H,8H2. The van der Waals surface area contributed by atoms with Crippen molar-refractivity contribution in [2.75, 3.05) is 0 Å². The van der Waals surface area contributed by atoms with Crippen LogP contribution in [-0.4, -0.2) is 0 Å². The summed E-state index contributed by atoms with van der Waals surface area (Å²) in [6, 6.07) is 9.88. The van der Waals surface area contributed by atoms with E-state index in [2.05, 4.69) is 0 Å². The van der Waals surface area contributed by atoms with Crippen LogP contribution in [0, 0.1) is 6.58 Å². The molecule has 0 aliphatic carbocycles. The summed E-state index contributed by atoms with van der Waals surface area (Å²) in [4.78, 5) is 0. The van der Waals surface area contributed by atoms with Crippen LogP contribution >= 0.6 is 0 Å². The first kappa shape index (κ1) is 6.87. The largest absolute Gasteiger partial charge is 0.497 e. The Bertz CT molecular complexity index is 191. The van der Waals surface area contributed by atoms with Crippen LogP contribution in [0.15, 0.2) is 36.6 Å². The second-order valence-electron chi connectivity index (χ2n) is 1.93. The van der Waals surface area contributed by atoms with Crippen LogP contribution in [0.4, 0.5) is 0 Å². The number of benzene rings is 1. The molecule has 0 aliphatic rings. The summed E-state index contributed by atoms with van der Waals surface area (Å²) in [6.45, 7) is 5.58. The maximum atomic E-state index is 5.03. The molecule has 1 rings (SSSR count). The molecule has 1 aromatic rings. The van der Waals surface area contributed by atoms with E-state index in [1.54, 1.807) is 0 Å². The van der Waals surface area contributed by atoms with Crippen molar-refractivity contribution in [3.8, 4) is 0 Å². The molecule has 1 nitrogen and oxygen atoms in total. The molecule has 0 spiro atoms. The predicted molar refractivity (Wildman–Crippen MR) is 40.1 cm³/mol. The quantitative estimate of drug-likeness (QED) is 0.574. The van der Waals surface area contributed by atoms with E-state index in [0.717, 1.165) is 5.56 Å². The summed E-state index contributed by atoms with van der Waals surface area (Å²) in [5, 5.41) is 0. The van der Waals surface area contributed by atoms with Gasteiger partial charge in [0.25, 0.3) is 0 Å². The van der Waals surface area contributed by atoms with Crippen LogP contribution in [0.2, 0.25) is 0 Å². The molecular formula is C9H9O. The van der Waals surface area contributed by atoms with E-state index in [1.807, 2.05) is 30.3 Å². The Morgan fingerprint density at radius 2 is 2.00 bits per heavy atom. The average molecular weight is 133 g/mol. The normalized spacial score (nSPS) is 8.80. The fraction of sp³-hybridized carbons (Fsp3) is 0.111. The lowest BCUT2D eigenvalue weighted by molar-refractivity contribution is 0.237. The first-order chi connectivity index (χ1) is 4.93. The van der Waals surface area contributed by atoms with Crippen molar-refractivity contribution in [1.29, 1.82) is 0 Å². The van der Waals surface area contributed by atoms with Crippen molar-refractivity contribution in [3.63, 3.8) is 0 Å². The van der Waals surface area contributed by atoms with Crippen LogP contribution < -0.4 is 0 Å². The Morgan fingerprint density at radius 3 is 2.60 bits per heavy atom. The first-order valence-corrected chi connectivity index (χ1v) is 3.12. The van der Waals surface area contributed by atoms with Gasteiger partial charge in [0.15, 0.2) is 0 Å². The van der Waals surface area contributed by atoms with Gasteiger partial charge in [-0.25, -0.2) is 0 Å². The van der Waals surface area contributed by atoms with Gasteiger partial charge in [0, 0.05) is 0 Å². The SMILES string of the molecule is [CH]=COCc1ccccc1. The number of hydrogen-bond donors (Lipinski definition) is 0. The molecule has 0 atom stereocenters. The second-order valence-corrected chi connectivity index (χ2v) is 1.93. The molecule has 1 aromatic carbocycles. The van der Waals surface area contributed by atoms with Crippen molar-refractivity contribution in [2.45, 2.75) is 6.61 Å². The van der Waals surface area contributed by atoms with E-state index in [0.29, 0.717) is 6.61 Å². The maximum absolute atomic E-state index is 5.03. The molecular weight excluding hydrogens is 124 g/mol.